The van der Waals surface area contributed by atoms with Gasteiger partial charge in [-0.15, -0.1) is 11.3 Å². The first-order valence-corrected chi connectivity index (χ1v) is 6.36. The van der Waals surface area contributed by atoms with Gasteiger partial charge < -0.3 is 5.73 Å². The Morgan fingerprint density at radius 1 is 1.57 bits per heavy atom. The summed E-state index contributed by atoms with van der Waals surface area (Å²) in [5.74, 6) is 1.32. The van der Waals surface area contributed by atoms with Crippen LogP contribution in [0.4, 0.5) is 0 Å². The van der Waals surface area contributed by atoms with Gasteiger partial charge in [0, 0.05) is 15.7 Å². The van der Waals surface area contributed by atoms with Crippen LogP contribution in [0.3, 0.4) is 0 Å². The van der Waals surface area contributed by atoms with Gasteiger partial charge >= 0.3 is 0 Å². The van der Waals surface area contributed by atoms with Crippen molar-refractivity contribution in [2.45, 2.75) is 44.9 Å². The normalized spacial score (nSPS) is 21.3. The van der Waals surface area contributed by atoms with Crippen LogP contribution in [0, 0.1) is 0 Å². The highest BCUT2D eigenvalue weighted by Crippen LogP contribution is 2.39. The second-order valence-corrected chi connectivity index (χ2v) is 5.63. The monoisotopic (exact) mass is 209 g/mol. The van der Waals surface area contributed by atoms with Gasteiger partial charge in [0.25, 0.3) is 0 Å². The molecule has 0 aliphatic heterocycles. The summed E-state index contributed by atoms with van der Waals surface area (Å²) in [7, 11) is 0. The number of hydrogen-bond acceptors (Lipinski definition) is 2. The number of aryl methyl sites for hydroxylation is 1. The molecule has 1 aromatic rings. The van der Waals surface area contributed by atoms with Crippen molar-refractivity contribution in [3.05, 3.63) is 21.4 Å². The maximum absolute atomic E-state index is 5.81. The van der Waals surface area contributed by atoms with Crippen molar-refractivity contribution in [1.29, 1.82) is 0 Å². The van der Waals surface area contributed by atoms with Crippen molar-refractivity contribution >= 4 is 11.3 Å². The molecule has 0 radical (unpaired) electrons. The van der Waals surface area contributed by atoms with Gasteiger partial charge in [-0.05, 0) is 43.4 Å². The predicted octanol–water partition coefficient (Wildman–Crippen LogP) is 3.25. The first kappa shape index (κ1) is 10.2. The Morgan fingerprint density at radius 2 is 2.36 bits per heavy atom. The average Bonchev–Trinajstić information content (AvgIpc) is 2.60. The highest BCUT2D eigenvalue weighted by Gasteiger charge is 2.22. The van der Waals surface area contributed by atoms with Crippen LogP contribution in [0.25, 0.3) is 0 Å². The number of rotatable bonds is 2. The van der Waals surface area contributed by atoms with Gasteiger partial charge in [-0.25, -0.2) is 0 Å². The molecule has 0 amide bonds. The maximum atomic E-state index is 5.81. The van der Waals surface area contributed by atoms with Crippen molar-refractivity contribution in [3.8, 4) is 0 Å². The molecule has 0 aromatic carbocycles. The summed E-state index contributed by atoms with van der Waals surface area (Å²) in [4.78, 5) is 3.12. The molecule has 2 heteroatoms. The fourth-order valence-corrected chi connectivity index (χ4v) is 3.55. The third kappa shape index (κ3) is 1.73. The lowest BCUT2D eigenvalue weighted by Gasteiger charge is -2.20. The van der Waals surface area contributed by atoms with Crippen LogP contribution in [0.2, 0.25) is 0 Å². The number of thiophene rings is 1. The van der Waals surface area contributed by atoms with E-state index in [0.29, 0.717) is 11.8 Å². The molecule has 1 atom stereocenters. The molecular formula is C12H19NS. The SMILES string of the molecule is CC(C)c1cc2c(s1)C(CN)CCC2. The molecule has 2 N–H and O–H groups in total. The van der Waals surface area contributed by atoms with Crippen molar-refractivity contribution in [2.24, 2.45) is 5.73 Å². The number of fused-ring (bicyclic) bond motifs is 1. The molecule has 0 fully saturated rings. The Bertz CT molecular complexity index is 314. The fraction of sp³-hybridized carbons (Fsp3) is 0.667. The van der Waals surface area contributed by atoms with Gasteiger partial charge in [0.1, 0.15) is 0 Å². The van der Waals surface area contributed by atoms with E-state index in [0.717, 1.165) is 6.54 Å². The van der Waals surface area contributed by atoms with Gasteiger partial charge in [-0.1, -0.05) is 13.8 Å². The Labute approximate surface area is 90.3 Å². The molecular weight excluding hydrogens is 190 g/mol. The van der Waals surface area contributed by atoms with Crippen molar-refractivity contribution in [1.82, 2.24) is 0 Å². The summed E-state index contributed by atoms with van der Waals surface area (Å²) in [6, 6.07) is 2.41. The minimum atomic E-state index is 0.649. The van der Waals surface area contributed by atoms with Crippen molar-refractivity contribution in [2.75, 3.05) is 6.54 Å². The van der Waals surface area contributed by atoms with Crippen LogP contribution in [0.15, 0.2) is 6.07 Å². The van der Waals surface area contributed by atoms with E-state index in [1.54, 1.807) is 10.4 Å². The zero-order valence-electron chi connectivity index (χ0n) is 9.05. The smallest absolute Gasteiger partial charge is 0.0124 e. The lowest BCUT2D eigenvalue weighted by molar-refractivity contribution is 0.571. The largest absolute Gasteiger partial charge is 0.330 e. The highest BCUT2D eigenvalue weighted by atomic mass is 32.1. The molecule has 14 heavy (non-hydrogen) atoms. The van der Waals surface area contributed by atoms with Crippen LogP contribution >= 0.6 is 11.3 Å². The standard InChI is InChI=1S/C12H19NS/c1-8(2)11-6-9-4-3-5-10(7-13)12(9)14-11/h6,8,10H,3-5,7,13H2,1-2H3. The van der Waals surface area contributed by atoms with Crippen LogP contribution in [0.1, 0.15) is 53.8 Å². The summed E-state index contributed by atoms with van der Waals surface area (Å²) >= 11 is 2.00. The Kier molecular flexibility index (Phi) is 2.93. The topological polar surface area (TPSA) is 26.0 Å². The van der Waals surface area contributed by atoms with Gasteiger partial charge in [-0.3, -0.25) is 0 Å². The summed E-state index contributed by atoms with van der Waals surface area (Å²) < 4.78 is 0. The molecule has 1 nitrogen and oxygen atoms in total. The molecule has 0 spiro atoms. The van der Waals surface area contributed by atoms with E-state index in [2.05, 4.69) is 19.9 Å². The summed E-state index contributed by atoms with van der Waals surface area (Å²) in [6.07, 6.45) is 3.89. The Balaban J connectivity index is 2.33. The molecule has 78 valence electrons. The molecule has 2 rings (SSSR count). The third-order valence-electron chi connectivity index (χ3n) is 3.08. The first-order chi connectivity index (χ1) is 6.72. The Hall–Kier alpha value is -0.340. The van der Waals surface area contributed by atoms with E-state index in [9.17, 15) is 0 Å². The summed E-state index contributed by atoms with van der Waals surface area (Å²) in [6.45, 7) is 5.37. The van der Waals surface area contributed by atoms with Crippen LogP contribution in [-0.4, -0.2) is 6.54 Å². The number of nitrogens with two attached hydrogens (primary N) is 1. The van der Waals surface area contributed by atoms with E-state index >= 15 is 0 Å². The molecule has 0 bridgehead atoms. The van der Waals surface area contributed by atoms with E-state index < -0.39 is 0 Å². The molecule has 1 unspecified atom stereocenters. The first-order valence-electron chi connectivity index (χ1n) is 5.55. The predicted molar refractivity (Wildman–Crippen MR) is 63.1 cm³/mol. The molecule has 1 aliphatic rings. The Morgan fingerprint density at radius 3 is 3.00 bits per heavy atom. The van der Waals surface area contributed by atoms with Crippen molar-refractivity contribution < 1.29 is 0 Å². The van der Waals surface area contributed by atoms with Crippen LogP contribution in [-0.2, 0) is 6.42 Å². The molecule has 1 heterocycles. The van der Waals surface area contributed by atoms with Gasteiger partial charge in [0.05, 0.1) is 0 Å². The third-order valence-corrected chi connectivity index (χ3v) is 4.72. The zero-order valence-corrected chi connectivity index (χ0v) is 9.86. The molecule has 0 saturated carbocycles. The lowest BCUT2D eigenvalue weighted by Crippen LogP contribution is -2.16. The highest BCUT2D eigenvalue weighted by molar-refractivity contribution is 7.12. The molecule has 0 saturated heterocycles. The van der Waals surface area contributed by atoms with E-state index in [4.69, 9.17) is 5.73 Å². The maximum Gasteiger partial charge on any atom is 0.0124 e. The van der Waals surface area contributed by atoms with Crippen LogP contribution in [0.5, 0.6) is 0 Å². The summed E-state index contributed by atoms with van der Waals surface area (Å²) in [5, 5.41) is 0. The second kappa shape index (κ2) is 4.03. The minimum Gasteiger partial charge on any atom is -0.330 e. The van der Waals surface area contributed by atoms with Gasteiger partial charge in [-0.2, -0.15) is 0 Å². The molecule has 1 aromatic heterocycles. The average molecular weight is 209 g/mol. The molecule has 1 aliphatic carbocycles. The van der Waals surface area contributed by atoms with Crippen LogP contribution < -0.4 is 5.73 Å². The second-order valence-electron chi connectivity index (χ2n) is 4.52. The quantitative estimate of drug-likeness (QED) is 0.795. The van der Waals surface area contributed by atoms with Crippen molar-refractivity contribution in [3.63, 3.8) is 0 Å². The van der Waals surface area contributed by atoms with Gasteiger partial charge in [0.2, 0.25) is 0 Å². The van der Waals surface area contributed by atoms with E-state index in [1.807, 2.05) is 11.3 Å². The van der Waals surface area contributed by atoms with Gasteiger partial charge in [0.15, 0.2) is 0 Å². The minimum absolute atomic E-state index is 0.649. The summed E-state index contributed by atoms with van der Waals surface area (Å²) in [5.41, 5.74) is 7.39. The van der Waals surface area contributed by atoms with E-state index in [-0.39, 0.29) is 0 Å². The lowest BCUT2D eigenvalue weighted by atomic mass is 9.89. The fourth-order valence-electron chi connectivity index (χ4n) is 2.19. The number of hydrogen-bond donors (Lipinski definition) is 1. The zero-order chi connectivity index (χ0) is 10.1. The van der Waals surface area contributed by atoms with E-state index in [1.165, 1.54) is 24.1 Å².